The van der Waals surface area contributed by atoms with Gasteiger partial charge in [0.2, 0.25) is 5.91 Å². The number of benzene rings is 3. The maximum Gasteiger partial charge on any atom is 0.253 e. The highest BCUT2D eigenvalue weighted by molar-refractivity contribution is 5.98. The first-order chi connectivity index (χ1) is 16.1. The van der Waals surface area contributed by atoms with E-state index in [1.165, 1.54) is 0 Å². The predicted octanol–water partition coefficient (Wildman–Crippen LogP) is 5.40. The minimum atomic E-state index is -0.184. The molecule has 0 spiro atoms. The molecule has 0 aromatic heterocycles. The molecule has 33 heavy (non-hydrogen) atoms. The Morgan fingerprint density at radius 3 is 2.30 bits per heavy atom. The smallest absolute Gasteiger partial charge is 0.253 e. The number of carbonyl (C=O) groups excluding carboxylic acids is 2. The number of carbonyl (C=O) groups is 2. The van der Waals surface area contributed by atoms with Crippen molar-refractivity contribution in [3.63, 3.8) is 0 Å². The number of hydrogen-bond acceptors (Lipinski definition) is 4. The average Bonchev–Trinajstić information content (AvgIpc) is 2.84. The zero-order valence-electron chi connectivity index (χ0n) is 18.8. The summed E-state index contributed by atoms with van der Waals surface area (Å²) < 4.78 is 5.78. The number of rotatable bonds is 7. The molecule has 6 heteroatoms. The Hall–Kier alpha value is -3.80. The zero-order chi connectivity index (χ0) is 23.0. The lowest BCUT2D eigenvalue weighted by Crippen LogP contribution is -2.37. The van der Waals surface area contributed by atoms with E-state index in [1.807, 2.05) is 59.5 Å². The maximum atomic E-state index is 12.8. The van der Waals surface area contributed by atoms with Gasteiger partial charge in [-0.05, 0) is 73.4 Å². The van der Waals surface area contributed by atoms with Crippen molar-refractivity contribution in [1.82, 2.24) is 4.90 Å². The second-order valence-electron chi connectivity index (χ2n) is 8.40. The molecule has 2 N–H and O–H groups in total. The number of piperidine rings is 1. The second-order valence-corrected chi connectivity index (χ2v) is 8.40. The van der Waals surface area contributed by atoms with E-state index in [0.29, 0.717) is 17.2 Å². The van der Waals surface area contributed by atoms with Gasteiger partial charge < -0.3 is 20.3 Å². The third-order valence-corrected chi connectivity index (χ3v) is 5.75. The molecule has 0 radical (unpaired) electrons. The first-order valence-electron chi connectivity index (χ1n) is 11.3. The van der Waals surface area contributed by atoms with E-state index in [-0.39, 0.29) is 18.4 Å². The molecule has 0 unspecified atom stereocenters. The first-order valence-corrected chi connectivity index (χ1v) is 11.3. The van der Waals surface area contributed by atoms with Gasteiger partial charge in [-0.2, -0.15) is 0 Å². The van der Waals surface area contributed by atoms with Gasteiger partial charge in [0.15, 0.2) is 0 Å². The molecule has 6 nitrogen and oxygen atoms in total. The van der Waals surface area contributed by atoms with E-state index in [4.69, 9.17) is 4.74 Å². The molecule has 0 saturated carbocycles. The summed E-state index contributed by atoms with van der Waals surface area (Å²) in [5, 5.41) is 5.97. The van der Waals surface area contributed by atoms with Crippen molar-refractivity contribution in [1.29, 1.82) is 0 Å². The van der Waals surface area contributed by atoms with Crippen LogP contribution in [0.5, 0.6) is 11.5 Å². The third-order valence-electron chi connectivity index (χ3n) is 5.75. The predicted molar refractivity (Wildman–Crippen MR) is 131 cm³/mol. The lowest BCUT2D eigenvalue weighted by molar-refractivity contribution is -0.114. The molecule has 1 heterocycles. The summed E-state index contributed by atoms with van der Waals surface area (Å²) >= 11 is 0. The summed E-state index contributed by atoms with van der Waals surface area (Å²) in [6, 6.07) is 24.1. The first kappa shape index (κ1) is 22.4. The van der Waals surface area contributed by atoms with Crippen molar-refractivity contribution < 1.29 is 14.3 Å². The average molecular weight is 444 g/mol. The van der Waals surface area contributed by atoms with Gasteiger partial charge in [-0.3, -0.25) is 9.59 Å². The van der Waals surface area contributed by atoms with Gasteiger partial charge >= 0.3 is 0 Å². The molecule has 3 aromatic rings. The fourth-order valence-corrected chi connectivity index (χ4v) is 3.78. The lowest BCUT2D eigenvalue weighted by Gasteiger charge is -2.30. The quantitative estimate of drug-likeness (QED) is 0.513. The van der Waals surface area contributed by atoms with E-state index >= 15 is 0 Å². The Morgan fingerprint density at radius 1 is 0.879 bits per heavy atom. The van der Waals surface area contributed by atoms with Crippen LogP contribution in [0, 0.1) is 5.92 Å². The summed E-state index contributed by atoms with van der Waals surface area (Å²) in [5.41, 5.74) is 2.03. The van der Waals surface area contributed by atoms with Crippen LogP contribution in [0.25, 0.3) is 0 Å². The number of anilines is 2. The van der Waals surface area contributed by atoms with Gasteiger partial charge in [0.25, 0.3) is 5.91 Å². The van der Waals surface area contributed by atoms with E-state index in [1.54, 1.807) is 24.3 Å². The van der Waals surface area contributed by atoms with Crippen LogP contribution in [0.2, 0.25) is 0 Å². The molecule has 3 aromatic carbocycles. The number of para-hydroxylation sites is 1. The minimum absolute atomic E-state index is 0.0222. The summed E-state index contributed by atoms with van der Waals surface area (Å²) in [6.45, 7) is 3.91. The number of likely N-dealkylation sites (tertiary alicyclic amines) is 1. The molecular formula is C27H29N3O3. The SMILES string of the molecule is CC1CCN(C(=O)c2cccc(NC(=O)CNc3ccc(Oc4ccccc4)cc3)c2)CC1. The van der Waals surface area contributed by atoms with E-state index in [2.05, 4.69) is 17.6 Å². The van der Waals surface area contributed by atoms with E-state index in [9.17, 15) is 9.59 Å². The Morgan fingerprint density at radius 2 is 1.58 bits per heavy atom. The van der Waals surface area contributed by atoms with Crippen LogP contribution in [0.15, 0.2) is 78.9 Å². The Kier molecular flexibility index (Phi) is 7.25. The van der Waals surface area contributed by atoms with Gasteiger partial charge in [-0.25, -0.2) is 0 Å². The highest BCUT2D eigenvalue weighted by Gasteiger charge is 2.21. The molecule has 0 atom stereocenters. The zero-order valence-corrected chi connectivity index (χ0v) is 18.8. The monoisotopic (exact) mass is 443 g/mol. The summed E-state index contributed by atoms with van der Waals surface area (Å²) in [6.07, 6.45) is 2.07. The van der Waals surface area contributed by atoms with Crippen LogP contribution in [0.1, 0.15) is 30.1 Å². The molecular weight excluding hydrogens is 414 g/mol. The highest BCUT2D eigenvalue weighted by atomic mass is 16.5. The van der Waals surface area contributed by atoms with Crippen molar-refractivity contribution >= 4 is 23.2 Å². The standard InChI is InChI=1S/C27H29N3O3/c1-20-14-16-30(17-15-20)27(32)21-6-5-7-23(18-21)29-26(31)19-28-22-10-12-25(13-11-22)33-24-8-3-2-4-9-24/h2-13,18,20,28H,14-17,19H2,1H3,(H,29,31). The largest absolute Gasteiger partial charge is 0.457 e. The minimum Gasteiger partial charge on any atom is -0.457 e. The Balaban J connectivity index is 1.27. The van der Waals surface area contributed by atoms with Crippen molar-refractivity contribution in [2.45, 2.75) is 19.8 Å². The summed E-state index contributed by atoms with van der Waals surface area (Å²) in [5.74, 6) is 2.00. The fourth-order valence-electron chi connectivity index (χ4n) is 3.78. The van der Waals surface area contributed by atoms with Crippen LogP contribution in [0.4, 0.5) is 11.4 Å². The van der Waals surface area contributed by atoms with Crippen molar-refractivity contribution in [2.75, 3.05) is 30.3 Å². The molecule has 0 aliphatic carbocycles. The van der Waals surface area contributed by atoms with Crippen molar-refractivity contribution in [3.8, 4) is 11.5 Å². The van der Waals surface area contributed by atoms with Crippen molar-refractivity contribution in [3.05, 3.63) is 84.4 Å². The van der Waals surface area contributed by atoms with E-state index in [0.717, 1.165) is 43.1 Å². The second kappa shape index (κ2) is 10.7. The van der Waals surface area contributed by atoms with Gasteiger partial charge in [-0.1, -0.05) is 31.2 Å². The Labute approximate surface area is 194 Å². The molecule has 2 amide bonds. The van der Waals surface area contributed by atoms with Gasteiger partial charge in [-0.15, -0.1) is 0 Å². The number of amides is 2. The number of nitrogens with one attached hydrogen (secondary N) is 2. The lowest BCUT2D eigenvalue weighted by atomic mass is 9.98. The van der Waals surface area contributed by atoms with Crippen LogP contribution >= 0.6 is 0 Å². The van der Waals surface area contributed by atoms with Crippen LogP contribution in [-0.4, -0.2) is 36.3 Å². The Bertz CT molecular complexity index is 1080. The van der Waals surface area contributed by atoms with Crippen molar-refractivity contribution in [2.24, 2.45) is 5.92 Å². The topological polar surface area (TPSA) is 70.7 Å². The number of ether oxygens (including phenoxy) is 1. The van der Waals surface area contributed by atoms with Gasteiger partial charge in [0, 0.05) is 30.0 Å². The molecule has 4 rings (SSSR count). The number of hydrogen-bond donors (Lipinski definition) is 2. The summed E-state index contributed by atoms with van der Waals surface area (Å²) in [7, 11) is 0. The van der Waals surface area contributed by atoms with E-state index < -0.39 is 0 Å². The summed E-state index contributed by atoms with van der Waals surface area (Å²) in [4.78, 5) is 27.1. The number of nitrogens with zero attached hydrogens (tertiary/aromatic N) is 1. The molecule has 1 aliphatic rings. The molecule has 170 valence electrons. The van der Waals surface area contributed by atoms with Gasteiger partial charge in [0.1, 0.15) is 11.5 Å². The van der Waals surface area contributed by atoms with Crippen LogP contribution in [0.3, 0.4) is 0 Å². The molecule has 1 aliphatic heterocycles. The van der Waals surface area contributed by atoms with Crippen LogP contribution in [-0.2, 0) is 4.79 Å². The third kappa shape index (κ3) is 6.35. The van der Waals surface area contributed by atoms with Gasteiger partial charge in [0.05, 0.1) is 6.54 Å². The molecule has 0 bridgehead atoms. The normalized spacial score (nSPS) is 13.9. The maximum absolute atomic E-state index is 12.8. The fraction of sp³-hybridized carbons (Fsp3) is 0.259. The molecule has 1 saturated heterocycles. The van der Waals surface area contributed by atoms with Crippen LogP contribution < -0.4 is 15.4 Å². The highest BCUT2D eigenvalue weighted by Crippen LogP contribution is 2.23. The molecule has 1 fully saturated rings.